The number of hydrogen-bond acceptors (Lipinski definition) is 6. The van der Waals surface area contributed by atoms with Gasteiger partial charge in [0.25, 0.3) is 0 Å². The highest BCUT2D eigenvalue weighted by Crippen LogP contribution is 2.39. The van der Waals surface area contributed by atoms with E-state index in [1.165, 1.54) is 0 Å². The van der Waals surface area contributed by atoms with E-state index in [0.29, 0.717) is 40.7 Å². The van der Waals surface area contributed by atoms with E-state index < -0.39 is 0 Å². The van der Waals surface area contributed by atoms with Crippen molar-refractivity contribution in [1.29, 1.82) is 0 Å². The summed E-state index contributed by atoms with van der Waals surface area (Å²) in [6.07, 6.45) is 2.26. The van der Waals surface area contributed by atoms with Crippen molar-refractivity contribution in [2.75, 3.05) is 26.6 Å². The van der Waals surface area contributed by atoms with Gasteiger partial charge in [-0.05, 0) is 30.5 Å². The van der Waals surface area contributed by atoms with E-state index in [-0.39, 0.29) is 0 Å². The van der Waals surface area contributed by atoms with E-state index in [4.69, 9.17) is 25.8 Å². The predicted molar refractivity (Wildman–Crippen MR) is 92.4 cm³/mol. The standard InChI is InChI=1S/C17H20ClN3O3/c1-22-12-6-10(7-13(23-2)16(12)24-3)9-19-15-8-14(18)20-17(21-15)11-4-5-11/h6-8,11H,4-5,9H2,1-3H3,(H,19,20,21). The van der Waals surface area contributed by atoms with Gasteiger partial charge in [-0.2, -0.15) is 0 Å². The zero-order valence-corrected chi connectivity index (χ0v) is 14.7. The number of rotatable bonds is 7. The number of nitrogens with one attached hydrogen (secondary N) is 1. The molecule has 0 atom stereocenters. The number of methoxy groups -OCH3 is 3. The molecule has 7 heteroatoms. The molecular weight excluding hydrogens is 330 g/mol. The van der Waals surface area contributed by atoms with E-state index >= 15 is 0 Å². The normalized spacial score (nSPS) is 13.5. The molecule has 6 nitrogen and oxygen atoms in total. The molecule has 1 aromatic heterocycles. The van der Waals surface area contributed by atoms with E-state index in [1.54, 1.807) is 27.4 Å². The highest BCUT2D eigenvalue weighted by molar-refractivity contribution is 6.29. The van der Waals surface area contributed by atoms with Crippen molar-refractivity contribution >= 4 is 17.4 Å². The average Bonchev–Trinajstić information content (AvgIpc) is 3.43. The molecule has 0 bridgehead atoms. The maximum Gasteiger partial charge on any atom is 0.203 e. The summed E-state index contributed by atoms with van der Waals surface area (Å²) >= 11 is 6.09. The fraction of sp³-hybridized carbons (Fsp3) is 0.412. The maximum atomic E-state index is 6.09. The second kappa shape index (κ2) is 7.13. The summed E-state index contributed by atoms with van der Waals surface area (Å²) < 4.78 is 16.1. The molecule has 1 aliphatic rings. The fourth-order valence-electron chi connectivity index (χ4n) is 2.48. The predicted octanol–water partition coefficient (Wildman–Crippen LogP) is 3.65. The molecule has 1 aliphatic carbocycles. The van der Waals surface area contributed by atoms with Crippen LogP contribution >= 0.6 is 11.6 Å². The molecule has 0 radical (unpaired) electrons. The van der Waals surface area contributed by atoms with E-state index in [2.05, 4.69) is 15.3 Å². The minimum atomic E-state index is 0.449. The lowest BCUT2D eigenvalue weighted by Crippen LogP contribution is -2.05. The highest BCUT2D eigenvalue weighted by Gasteiger charge is 2.27. The Morgan fingerprint density at radius 2 is 1.71 bits per heavy atom. The molecule has 0 saturated heterocycles. The lowest BCUT2D eigenvalue weighted by atomic mass is 10.1. The highest BCUT2D eigenvalue weighted by atomic mass is 35.5. The van der Waals surface area contributed by atoms with Crippen LogP contribution in [0.2, 0.25) is 5.15 Å². The first-order chi connectivity index (χ1) is 11.6. The van der Waals surface area contributed by atoms with Gasteiger partial charge in [0.15, 0.2) is 11.5 Å². The van der Waals surface area contributed by atoms with Crippen LogP contribution in [0.3, 0.4) is 0 Å². The van der Waals surface area contributed by atoms with Crippen molar-refractivity contribution < 1.29 is 14.2 Å². The van der Waals surface area contributed by atoms with Gasteiger partial charge in [0, 0.05) is 18.5 Å². The maximum absolute atomic E-state index is 6.09. The number of benzene rings is 1. The van der Waals surface area contributed by atoms with Crippen LogP contribution in [0.25, 0.3) is 0 Å². The first-order valence-electron chi connectivity index (χ1n) is 7.71. The third-order valence-electron chi connectivity index (χ3n) is 3.85. The Bertz CT molecular complexity index is 710. The topological polar surface area (TPSA) is 65.5 Å². The second-order valence-electron chi connectivity index (χ2n) is 5.60. The Morgan fingerprint density at radius 3 is 2.25 bits per heavy atom. The van der Waals surface area contributed by atoms with Gasteiger partial charge in [-0.3, -0.25) is 0 Å². The summed E-state index contributed by atoms with van der Waals surface area (Å²) in [4.78, 5) is 8.82. The number of ether oxygens (including phenoxy) is 3. The van der Waals surface area contributed by atoms with E-state index in [9.17, 15) is 0 Å². The molecular formula is C17H20ClN3O3. The molecule has 1 saturated carbocycles. The first-order valence-corrected chi connectivity index (χ1v) is 8.09. The third kappa shape index (κ3) is 3.64. The van der Waals surface area contributed by atoms with Gasteiger partial charge in [0.1, 0.15) is 16.8 Å². The largest absolute Gasteiger partial charge is 0.493 e. The monoisotopic (exact) mass is 349 g/mol. The van der Waals surface area contributed by atoms with Crippen LogP contribution in [0.15, 0.2) is 18.2 Å². The molecule has 24 heavy (non-hydrogen) atoms. The summed E-state index contributed by atoms with van der Waals surface area (Å²) in [5, 5.41) is 3.74. The zero-order valence-electron chi connectivity index (χ0n) is 13.9. The number of nitrogens with zero attached hydrogens (tertiary/aromatic N) is 2. The van der Waals surface area contributed by atoms with Gasteiger partial charge in [0.05, 0.1) is 21.3 Å². The molecule has 0 amide bonds. The minimum Gasteiger partial charge on any atom is -0.493 e. The number of aromatic nitrogens is 2. The van der Waals surface area contributed by atoms with E-state index in [0.717, 1.165) is 24.2 Å². The van der Waals surface area contributed by atoms with Gasteiger partial charge in [-0.25, -0.2) is 9.97 Å². The second-order valence-corrected chi connectivity index (χ2v) is 5.98. The van der Waals surface area contributed by atoms with Gasteiger partial charge >= 0.3 is 0 Å². The number of hydrogen-bond donors (Lipinski definition) is 1. The molecule has 1 fully saturated rings. The van der Waals surface area contributed by atoms with Crippen molar-refractivity contribution in [3.63, 3.8) is 0 Å². The van der Waals surface area contributed by atoms with Crippen molar-refractivity contribution in [3.05, 3.63) is 34.7 Å². The minimum absolute atomic E-state index is 0.449. The molecule has 128 valence electrons. The molecule has 0 unspecified atom stereocenters. The van der Waals surface area contributed by atoms with Crippen LogP contribution < -0.4 is 19.5 Å². The fourth-order valence-corrected chi connectivity index (χ4v) is 2.67. The van der Waals surface area contributed by atoms with Crippen LogP contribution in [0, 0.1) is 0 Å². The van der Waals surface area contributed by atoms with Crippen LogP contribution in [0.5, 0.6) is 17.2 Å². The Morgan fingerprint density at radius 1 is 1.04 bits per heavy atom. The first kappa shape index (κ1) is 16.6. The quantitative estimate of drug-likeness (QED) is 0.770. The smallest absolute Gasteiger partial charge is 0.203 e. The van der Waals surface area contributed by atoms with Crippen molar-refractivity contribution in [1.82, 2.24) is 9.97 Å². The van der Waals surface area contributed by atoms with Crippen molar-refractivity contribution in [3.8, 4) is 17.2 Å². The van der Waals surface area contributed by atoms with Crippen molar-refractivity contribution in [2.24, 2.45) is 0 Å². The molecule has 0 aliphatic heterocycles. The zero-order chi connectivity index (χ0) is 17.1. The lowest BCUT2D eigenvalue weighted by molar-refractivity contribution is 0.324. The molecule has 1 heterocycles. The Kier molecular flexibility index (Phi) is 4.94. The Labute approximate surface area is 146 Å². The molecule has 1 N–H and O–H groups in total. The van der Waals surface area contributed by atoms with Gasteiger partial charge < -0.3 is 19.5 Å². The average molecular weight is 350 g/mol. The summed E-state index contributed by atoms with van der Waals surface area (Å²) in [6.45, 7) is 0.550. The third-order valence-corrected chi connectivity index (χ3v) is 4.05. The summed E-state index contributed by atoms with van der Waals surface area (Å²) in [5.41, 5.74) is 0.979. The Hall–Kier alpha value is -2.21. The molecule has 2 aromatic rings. The Balaban J connectivity index is 1.79. The van der Waals surface area contributed by atoms with Crippen molar-refractivity contribution in [2.45, 2.75) is 25.3 Å². The molecule has 1 aromatic carbocycles. The van der Waals surface area contributed by atoms with Crippen LogP contribution in [0.4, 0.5) is 5.82 Å². The SMILES string of the molecule is COc1cc(CNc2cc(Cl)nc(C3CC3)n2)cc(OC)c1OC. The summed E-state index contributed by atoms with van der Waals surface area (Å²) in [7, 11) is 4.78. The molecule has 0 spiro atoms. The van der Waals surface area contributed by atoms with Gasteiger partial charge in [-0.1, -0.05) is 11.6 Å². The van der Waals surface area contributed by atoms with Crippen LogP contribution in [-0.2, 0) is 6.54 Å². The number of anilines is 1. The van der Waals surface area contributed by atoms with Gasteiger partial charge in [-0.15, -0.1) is 0 Å². The van der Waals surface area contributed by atoms with Crippen LogP contribution in [0.1, 0.15) is 30.1 Å². The van der Waals surface area contributed by atoms with E-state index in [1.807, 2.05) is 12.1 Å². The summed E-state index contributed by atoms with van der Waals surface area (Å²) in [6, 6.07) is 5.53. The van der Waals surface area contributed by atoms with Crippen LogP contribution in [-0.4, -0.2) is 31.3 Å². The number of halogens is 1. The lowest BCUT2D eigenvalue weighted by Gasteiger charge is -2.14. The summed E-state index contributed by atoms with van der Waals surface area (Å²) in [5.74, 6) is 3.79. The van der Waals surface area contributed by atoms with Gasteiger partial charge in [0.2, 0.25) is 5.75 Å². The molecule has 3 rings (SSSR count).